The van der Waals surface area contributed by atoms with Crippen molar-refractivity contribution in [3.63, 3.8) is 0 Å². The Balaban J connectivity index is 2.20. The Morgan fingerprint density at radius 2 is 1.50 bits per heavy atom. The van der Waals surface area contributed by atoms with Gasteiger partial charge in [0.25, 0.3) is 5.91 Å². The number of benzene rings is 2. The molecule has 7 nitrogen and oxygen atoms in total. The van der Waals surface area contributed by atoms with Crippen LogP contribution in [0, 0.1) is 6.92 Å². The molecule has 0 radical (unpaired) electrons. The van der Waals surface area contributed by atoms with E-state index in [1.165, 1.54) is 4.90 Å². The summed E-state index contributed by atoms with van der Waals surface area (Å²) in [6.07, 6.45) is 0. The van der Waals surface area contributed by atoms with Gasteiger partial charge in [-0.1, -0.05) is 29.8 Å². The first-order valence-corrected chi connectivity index (χ1v) is 10.6. The van der Waals surface area contributed by atoms with Crippen molar-refractivity contribution in [2.75, 3.05) is 20.8 Å². The third-order valence-electron chi connectivity index (χ3n) is 4.83. The zero-order chi connectivity index (χ0) is 23.9. The molecule has 0 spiro atoms. The molecule has 0 saturated carbocycles. The van der Waals surface area contributed by atoms with Crippen molar-refractivity contribution in [2.24, 2.45) is 0 Å². The molecular weight excluding hydrogens is 408 g/mol. The Labute approximate surface area is 190 Å². The molecule has 1 unspecified atom stereocenters. The van der Waals surface area contributed by atoms with Gasteiger partial charge in [0.2, 0.25) is 5.91 Å². The van der Waals surface area contributed by atoms with Gasteiger partial charge in [-0.25, -0.2) is 0 Å². The molecule has 0 aromatic heterocycles. The summed E-state index contributed by atoms with van der Waals surface area (Å²) in [4.78, 5) is 27.5. The minimum Gasteiger partial charge on any atom is -0.496 e. The summed E-state index contributed by atoms with van der Waals surface area (Å²) in [6, 6.07) is 12.3. The summed E-state index contributed by atoms with van der Waals surface area (Å²) >= 11 is 0. The zero-order valence-electron chi connectivity index (χ0n) is 20.0. The van der Waals surface area contributed by atoms with E-state index in [0.717, 1.165) is 11.1 Å². The summed E-state index contributed by atoms with van der Waals surface area (Å²) in [5, 5.41) is 2.95. The molecule has 0 aliphatic carbocycles. The van der Waals surface area contributed by atoms with Crippen molar-refractivity contribution in [1.29, 1.82) is 0 Å². The Morgan fingerprint density at radius 1 is 0.969 bits per heavy atom. The first kappa shape index (κ1) is 25.0. The largest absolute Gasteiger partial charge is 0.496 e. The first-order valence-electron chi connectivity index (χ1n) is 10.6. The van der Waals surface area contributed by atoms with Gasteiger partial charge in [-0.2, -0.15) is 0 Å². The van der Waals surface area contributed by atoms with Crippen LogP contribution >= 0.6 is 0 Å². The summed E-state index contributed by atoms with van der Waals surface area (Å²) in [5.74, 6) is 1.03. The average molecular weight is 443 g/mol. The van der Waals surface area contributed by atoms with Gasteiger partial charge in [-0.3, -0.25) is 9.59 Å². The molecule has 1 N–H and O–H groups in total. The van der Waals surface area contributed by atoms with Crippen LogP contribution in [0.3, 0.4) is 0 Å². The molecule has 2 amide bonds. The number of aryl methyl sites for hydroxylation is 1. The predicted octanol–water partition coefficient (Wildman–Crippen LogP) is 3.72. The highest BCUT2D eigenvalue weighted by Crippen LogP contribution is 2.27. The van der Waals surface area contributed by atoms with Gasteiger partial charge in [-0.15, -0.1) is 0 Å². The molecule has 0 heterocycles. The van der Waals surface area contributed by atoms with Crippen LogP contribution in [0.1, 0.15) is 38.8 Å². The van der Waals surface area contributed by atoms with E-state index in [0.29, 0.717) is 23.8 Å². The molecule has 0 aliphatic heterocycles. The highest BCUT2D eigenvalue weighted by atomic mass is 16.5. The number of methoxy groups -OCH3 is 2. The number of carbonyl (C=O) groups excluding carboxylic acids is 2. The van der Waals surface area contributed by atoms with Crippen molar-refractivity contribution >= 4 is 11.8 Å². The highest BCUT2D eigenvalue weighted by Gasteiger charge is 2.28. The van der Waals surface area contributed by atoms with Crippen molar-refractivity contribution < 1.29 is 23.8 Å². The number of ether oxygens (including phenoxy) is 3. The van der Waals surface area contributed by atoms with Crippen LogP contribution in [0.5, 0.6) is 17.2 Å². The minimum absolute atomic E-state index is 0.221. The molecule has 2 aromatic carbocycles. The molecule has 32 heavy (non-hydrogen) atoms. The topological polar surface area (TPSA) is 77.1 Å². The third kappa shape index (κ3) is 7.48. The molecule has 2 rings (SSSR count). The summed E-state index contributed by atoms with van der Waals surface area (Å²) in [5.41, 5.74) is 1.65. The molecule has 2 aromatic rings. The maximum absolute atomic E-state index is 13.2. The van der Waals surface area contributed by atoms with Crippen LogP contribution in [-0.4, -0.2) is 49.1 Å². The number of nitrogens with one attached hydrogen (secondary N) is 1. The van der Waals surface area contributed by atoms with Crippen LogP contribution < -0.4 is 19.5 Å². The monoisotopic (exact) mass is 442 g/mol. The first-order chi connectivity index (χ1) is 15.0. The second kappa shape index (κ2) is 10.9. The van der Waals surface area contributed by atoms with Gasteiger partial charge in [-0.05, 0) is 40.2 Å². The van der Waals surface area contributed by atoms with E-state index >= 15 is 0 Å². The standard InChI is InChI=1S/C25H34N2O5/c1-17-8-10-19(11-9-17)15-27(18(2)24(29)26-25(3,4)5)23(28)16-32-22-13-20(30-6)12-21(14-22)31-7/h8-14,18H,15-16H2,1-7H3,(H,26,29). The van der Waals surface area contributed by atoms with E-state index in [-0.39, 0.29) is 18.4 Å². The highest BCUT2D eigenvalue weighted by molar-refractivity contribution is 5.88. The maximum Gasteiger partial charge on any atom is 0.261 e. The van der Waals surface area contributed by atoms with Crippen molar-refractivity contribution in [3.05, 3.63) is 53.6 Å². The summed E-state index contributed by atoms with van der Waals surface area (Å²) < 4.78 is 16.2. The van der Waals surface area contributed by atoms with Gasteiger partial charge in [0, 0.05) is 30.3 Å². The van der Waals surface area contributed by atoms with E-state index in [1.807, 2.05) is 52.0 Å². The van der Waals surface area contributed by atoms with Crippen LogP contribution in [0.4, 0.5) is 0 Å². The lowest BCUT2D eigenvalue weighted by Gasteiger charge is -2.31. The zero-order valence-corrected chi connectivity index (χ0v) is 20.0. The molecular formula is C25H34N2O5. The van der Waals surface area contributed by atoms with Gasteiger partial charge in [0.1, 0.15) is 23.3 Å². The summed E-state index contributed by atoms with van der Waals surface area (Å²) in [6.45, 7) is 9.51. The van der Waals surface area contributed by atoms with Crippen LogP contribution in [-0.2, 0) is 16.1 Å². The average Bonchev–Trinajstić information content (AvgIpc) is 2.75. The second-order valence-electron chi connectivity index (χ2n) is 8.76. The van der Waals surface area contributed by atoms with Gasteiger partial charge in [0.15, 0.2) is 6.61 Å². The van der Waals surface area contributed by atoms with Gasteiger partial charge < -0.3 is 24.4 Å². The van der Waals surface area contributed by atoms with E-state index in [4.69, 9.17) is 14.2 Å². The van der Waals surface area contributed by atoms with Crippen molar-refractivity contribution in [3.8, 4) is 17.2 Å². The quantitative estimate of drug-likeness (QED) is 0.640. The Kier molecular flexibility index (Phi) is 8.52. The fourth-order valence-electron chi connectivity index (χ4n) is 3.04. The Morgan fingerprint density at radius 3 is 2.00 bits per heavy atom. The molecule has 174 valence electrons. The normalized spacial score (nSPS) is 12.0. The van der Waals surface area contributed by atoms with Crippen molar-refractivity contribution in [2.45, 2.75) is 52.7 Å². The molecule has 1 atom stereocenters. The Bertz CT molecular complexity index is 897. The number of hydrogen-bond acceptors (Lipinski definition) is 5. The summed E-state index contributed by atoms with van der Waals surface area (Å²) in [7, 11) is 3.09. The number of hydrogen-bond donors (Lipinski definition) is 1. The number of rotatable bonds is 9. The number of nitrogens with zero attached hydrogens (tertiary/aromatic N) is 1. The van der Waals surface area contributed by atoms with Crippen LogP contribution in [0.15, 0.2) is 42.5 Å². The molecule has 0 bridgehead atoms. The minimum atomic E-state index is -0.675. The molecule has 0 saturated heterocycles. The SMILES string of the molecule is COc1cc(OC)cc(OCC(=O)N(Cc2ccc(C)cc2)C(C)C(=O)NC(C)(C)C)c1. The van der Waals surface area contributed by atoms with E-state index in [1.54, 1.807) is 39.3 Å². The number of amides is 2. The number of carbonyl (C=O) groups is 2. The fraction of sp³-hybridized carbons (Fsp3) is 0.440. The van der Waals surface area contributed by atoms with E-state index < -0.39 is 11.6 Å². The lowest BCUT2D eigenvalue weighted by Crippen LogP contribution is -2.53. The van der Waals surface area contributed by atoms with E-state index in [2.05, 4.69) is 5.32 Å². The molecule has 7 heteroatoms. The molecule has 0 aliphatic rings. The molecule has 0 fully saturated rings. The smallest absolute Gasteiger partial charge is 0.261 e. The van der Waals surface area contributed by atoms with Crippen LogP contribution in [0.2, 0.25) is 0 Å². The predicted molar refractivity (Wildman–Crippen MR) is 124 cm³/mol. The lowest BCUT2D eigenvalue weighted by molar-refractivity contribution is -0.142. The van der Waals surface area contributed by atoms with Gasteiger partial charge in [0.05, 0.1) is 14.2 Å². The van der Waals surface area contributed by atoms with Crippen molar-refractivity contribution in [1.82, 2.24) is 10.2 Å². The third-order valence-corrected chi connectivity index (χ3v) is 4.83. The van der Waals surface area contributed by atoms with Crippen LogP contribution in [0.25, 0.3) is 0 Å². The maximum atomic E-state index is 13.2. The lowest BCUT2D eigenvalue weighted by atomic mass is 10.1. The second-order valence-corrected chi connectivity index (χ2v) is 8.76. The van der Waals surface area contributed by atoms with Gasteiger partial charge >= 0.3 is 0 Å². The van der Waals surface area contributed by atoms with E-state index in [9.17, 15) is 9.59 Å². The fourth-order valence-corrected chi connectivity index (χ4v) is 3.04. The Hall–Kier alpha value is -3.22.